The molecule has 2 N–H and O–H groups in total. The lowest BCUT2D eigenvalue weighted by Gasteiger charge is -2.23. The summed E-state index contributed by atoms with van der Waals surface area (Å²) in [5.41, 5.74) is 2.17. The van der Waals surface area contributed by atoms with Gasteiger partial charge in [-0.15, -0.1) is 0 Å². The zero-order valence-corrected chi connectivity index (χ0v) is 18.3. The third-order valence-electron chi connectivity index (χ3n) is 4.75. The van der Waals surface area contributed by atoms with Crippen LogP contribution < -0.4 is 10.6 Å². The lowest BCUT2D eigenvalue weighted by Crippen LogP contribution is -2.33. The van der Waals surface area contributed by atoms with Crippen LogP contribution in [0.3, 0.4) is 0 Å². The molecule has 0 heterocycles. The molecule has 2 aromatic carbocycles. The number of carbonyl (C=O) groups is 1. The fraction of sp³-hybridized carbons (Fsp3) is 0.409. The molecule has 2 aromatic rings. The minimum atomic E-state index is -3.49. The van der Waals surface area contributed by atoms with Gasteiger partial charge in [0.2, 0.25) is 5.91 Å². The van der Waals surface area contributed by atoms with Gasteiger partial charge in [-0.2, -0.15) is 0 Å². The maximum absolute atomic E-state index is 14.0. The van der Waals surface area contributed by atoms with E-state index in [0.29, 0.717) is 5.92 Å². The number of carbonyl (C=O) groups excluding carboxylic acids is 1. The summed E-state index contributed by atoms with van der Waals surface area (Å²) < 4.78 is 37.3. The van der Waals surface area contributed by atoms with Gasteiger partial charge < -0.3 is 10.6 Å². The average molecular weight is 421 g/mol. The molecule has 0 bridgehead atoms. The second-order valence-corrected chi connectivity index (χ2v) is 9.90. The number of amides is 1. The highest BCUT2D eigenvalue weighted by Gasteiger charge is 2.18. The van der Waals surface area contributed by atoms with Crippen LogP contribution in [0.5, 0.6) is 0 Å². The van der Waals surface area contributed by atoms with Crippen LogP contribution in [0, 0.1) is 11.7 Å². The number of hydrogen-bond donors (Lipinski definition) is 2. The van der Waals surface area contributed by atoms with Crippen LogP contribution in [-0.2, 0) is 14.6 Å². The number of nitrogens with one attached hydrogen (secondary N) is 2. The standard InChI is InChI=1S/C22H29FN2O3S/c1-14(2)16-6-8-17(9-7-16)22(15(3)4)24-13-21(26)25-20-12-18(29(5,27)28)10-11-19(20)23/h6-12,14-15,22,24H,13H2,1-5H3,(H,25,26). The minimum Gasteiger partial charge on any atom is -0.322 e. The van der Waals surface area contributed by atoms with Gasteiger partial charge in [-0.25, -0.2) is 12.8 Å². The molecule has 1 unspecified atom stereocenters. The Kier molecular flexibility index (Phi) is 7.54. The summed E-state index contributed by atoms with van der Waals surface area (Å²) in [7, 11) is -3.49. The van der Waals surface area contributed by atoms with E-state index in [4.69, 9.17) is 0 Å². The Bertz CT molecular complexity index is 955. The maximum atomic E-state index is 14.0. The average Bonchev–Trinajstić information content (AvgIpc) is 2.63. The molecule has 0 fully saturated rings. The largest absolute Gasteiger partial charge is 0.322 e. The maximum Gasteiger partial charge on any atom is 0.238 e. The first kappa shape index (κ1) is 23.0. The summed E-state index contributed by atoms with van der Waals surface area (Å²) in [6, 6.07) is 11.6. The van der Waals surface area contributed by atoms with Crippen molar-refractivity contribution in [1.82, 2.24) is 5.32 Å². The lowest BCUT2D eigenvalue weighted by molar-refractivity contribution is -0.115. The Labute approximate surface area is 172 Å². The number of hydrogen-bond acceptors (Lipinski definition) is 4. The van der Waals surface area contributed by atoms with Gasteiger partial charge in [0.05, 0.1) is 17.1 Å². The molecule has 0 spiro atoms. The van der Waals surface area contributed by atoms with Gasteiger partial charge in [0.25, 0.3) is 0 Å². The topological polar surface area (TPSA) is 75.3 Å². The van der Waals surface area contributed by atoms with Crippen molar-refractivity contribution in [3.8, 4) is 0 Å². The molecule has 158 valence electrons. The van der Waals surface area contributed by atoms with Crippen LogP contribution >= 0.6 is 0 Å². The van der Waals surface area contributed by atoms with Crippen molar-refractivity contribution in [3.63, 3.8) is 0 Å². The molecule has 1 amide bonds. The van der Waals surface area contributed by atoms with Crippen LogP contribution in [0.4, 0.5) is 10.1 Å². The molecule has 0 aromatic heterocycles. The van der Waals surface area contributed by atoms with Crippen molar-refractivity contribution in [3.05, 3.63) is 59.4 Å². The zero-order chi connectivity index (χ0) is 21.8. The summed E-state index contributed by atoms with van der Waals surface area (Å²) in [5, 5.41) is 5.67. The third kappa shape index (κ3) is 6.37. The number of sulfone groups is 1. The molecule has 0 radical (unpaired) electrons. The molecule has 1 atom stereocenters. The summed E-state index contributed by atoms with van der Waals surface area (Å²) in [6.45, 7) is 8.35. The summed E-state index contributed by atoms with van der Waals surface area (Å²) >= 11 is 0. The van der Waals surface area contributed by atoms with Gasteiger partial charge in [0.1, 0.15) is 5.82 Å². The van der Waals surface area contributed by atoms with Crippen LogP contribution in [-0.4, -0.2) is 27.1 Å². The van der Waals surface area contributed by atoms with E-state index < -0.39 is 21.6 Å². The van der Waals surface area contributed by atoms with Crippen LogP contribution in [0.25, 0.3) is 0 Å². The first-order valence-electron chi connectivity index (χ1n) is 9.61. The smallest absolute Gasteiger partial charge is 0.238 e. The van der Waals surface area contributed by atoms with Crippen LogP contribution in [0.1, 0.15) is 50.8 Å². The van der Waals surface area contributed by atoms with E-state index >= 15 is 0 Å². The second-order valence-electron chi connectivity index (χ2n) is 7.89. The summed E-state index contributed by atoms with van der Waals surface area (Å²) in [6.07, 6.45) is 1.03. The normalized spacial score (nSPS) is 13.0. The zero-order valence-electron chi connectivity index (χ0n) is 17.5. The van der Waals surface area contributed by atoms with E-state index in [1.54, 1.807) is 0 Å². The number of benzene rings is 2. The Morgan fingerprint density at radius 1 is 1.00 bits per heavy atom. The highest BCUT2D eigenvalue weighted by atomic mass is 32.2. The highest BCUT2D eigenvalue weighted by Crippen LogP contribution is 2.24. The van der Waals surface area contributed by atoms with Gasteiger partial charge >= 0.3 is 0 Å². The molecule has 0 aliphatic rings. The van der Waals surface area contributed by atoms with E-state index in [1.165, 1.54) is 11.6 Å². The van der Waals surface area contributed by atoms with Crippen molar-refractivity contribution in [1.29, 1.82) is 0 Å². The summed E-state index contributed by atoms with van der Waals surface area (Å²) in [5.74, 6) is -0.453. The van der Waals surface area contributed by atoms with Crippen molar-refractivity contribution in [2.45, 2.75) is 44.6 Å². The SMILES string of the molecule is CC(C)c1ccc(C(NCC(=O)Nc2cc(S(C)(=O)=O)ccc2F)C(C)C)cc1. The van der Waals surface area contributed by atoms with Gasteiger partial charge in [0, 0.05) is 12.3 Å². The molecular formula is C22H29FN2O3S. The van der Waals surface area contributed by atoms with Crippen molar-refractivity contribution < 1.29 is 17.6 Å². The van der Waals surface area contributed by atoms with Crippen molar-refractivity contribution in [2.75, 3.05) is 18.1 Å². The number of halogens is 1. The summed E-state index contributed by atoms with van der Waals surface area (Å²) in [4.78, 5) is 12.3. The molecule has 2 rings (SSSR count). The van der Waals surface area contributed by atoms with E-state index in [2.05, 4.69) is 62.6 Å². The minimum absolute atomic E-state index is 0.0304. The van der Waals surface area contributed by atoms with E-state index in [-0.39, 0.29) is 29.1 Å². The number of rotatable bonds is 8. The fourth-order valence-electron chi connectivity index (χ4n) is 3.05. The fourth-order valence-corrected chi connectivity index (χ4v) is 3.70. The first-order valence-corrected chi connectivity index (χ1v) is 11.5. The Morgan fingerprint density at radius 3 is 2.10 bits per heavy atom. The first-order chi connectivity index (χ1) is 13.5. The Morgan fingerprint density at radius 2 is 1.59 bits per heavy atom. The highest BCUT2D eigenvalue weighted by molar-refractivity contribution is 7.90. The molecule has 5 nitrogen and oxygen atoms in total. The number of anilines is 1. The van der Waals surface area contributed by atoms with Gasteiger partial charge in [-0.3, -0.25) is 4.79 Å². The monoisotopic (exact) mass is 420 g/mol. The molecule has 7 heteroatoms. The molecular weight excluding hydrogens is 391 g/mol. The quantitative estimate of drug-likeness (QED) is 0.625. The van der Waals surface area contributed by atoms with Gasteiger partial charge in [-0.1, -0.05) is 52.0 Å². The van der Waals surface area contributed by atoms with Crippen LogP contribution in [0.2, 0.25) is 0 Å². The molecule has 0 aliphatic heterocycles. The van der Waals surface area contributed by atoms with E-state index in [1.807, 2.05) is 0 Å². The lowest BCUT2D eigenvalue weighted by atomic mass is 9.93. The van der Waals surface area contributed by atoms with Gasteiger partial charge in [0.15, 0.2) is 9.84 Å². The van der Waals surface area contributed by atoms with E-state index in [9.17, 15) is 17.6 Å². The van der Waals surface area contributed by atoms with Crippen molar-refractivity contribution >= 4 is 21.4 Å². The van der Waals surface area contributed by atoms with Crippen molar-refractivity contribution in [2.24, 2.45) is 5.92 Å². The third-order valence-corrected chi connectivity index (χ3v) is 5.86. The van der Waals surface area contributed by atoms with Gasteiger partial charge in [-0.05, 0) is 41.2 Å². The molecule has 0 aliphatic carbocycles. The molecule has 0 saturated heterocycles. The second kappa shape index (κ2) is 9.50. The Balaban J connectivity index is 2.08. The van der Waals surface area contributed by atoms with E-state index in [0.717, 1.165) is 24.0 Å². The molecule has 0 saturated carbocycles. The van der Waals surface area contributed by atoms with Crippen LogP contribution in [0.15, 0.2) is 47.4 Å². The Hall–Kier alpha value is -2.25. The predicted molar refractivity (Wildman–Crippen MR) is 114 cm³/mol. The predicted octanol–water partition coefficient (Wildman–Crippen LogP) is 4.28. The molecule has 29 heavy (non-hydrogen) atoms.